The van der Waals surface area contributed by atoms with Crippen LogP contribution in [0, 0.1) is 11.6 Å². The van der Waals surface area contributed by atoms with Gasteiger partial charge in [0, 0.05) is 29.1 Å². The molecule has 3 aromatic rings. The highest BCUT2D eigenvalue weighted by Crippen LogP contribution is 2.32. The Kier molecular flexibility index (Phi) is 8.05. The highest BCUT2D eigenvalue weighted by molar-refractivity contribution is 8.00. The summed E-state index contributed by atoms with van der Waals surface area (Å²) >= 11 is 8.43. The number of halogens is 3. The zero-order chi connectivity index (χ0) is 21.7. The lowest BCUT2D eigenvalue weighted by Crippen LogP contribution is -2.39. The first-order valence-corrected chi connectivity index (χ1v) is 11.8. The first-order valence-electron chi connectivity index (χ1n) is 9.58. The number of nitrogens with zero attached hydrogens (tertiary/aromatic N) is 3. The molecule has 0 unspecified atom stereocenters. The van der Waals surface area contributed by atoms with E-state index in [4.69, 9.17) is 11.6 Å². The van der Waals surface area contributed by atoms with Crippen LogP contribution in [0.4, 0.5) is 13.9 Å². The Morgan fingerprint density at radius 3 is 2.50 bits per heavy atom. The molecule has 0 radical (unpaired) electrons. The molecule has 1 amide bonds. The standard InChI is InChI=1S/C21H22ClF2N3OS2/c1-3-26(4-2)9-10-27(19(28)13-29-16-7-5-14(22)6-8-16)21-25-20-17(24)11-15(23)12-18(20)30-21/h5-8,11-12H,3-4,9-10,13H2,1-2H3. The summed E-state index contributed by atoms with van der Waals surface area (Å²) in [5.41, 5.74) is 0.0855. The van der Waals surface area contributed by atoms with Crippen molar-refractivity contribution < 1.29 is 13.6 Å². The summed E-state index contributed by atoms with van der Waals surface area (Å²) in [6.45, 7) is 6.92. The number of anilines is 1. The number of fused-ring (bicyclic) bond motifs is 1. The van der Waals surface area contributed by atoms with Crippen LogP contribution in [0.5, 0.6) is 0 Å². The van der Waals surface area contributed by atoms with Crippen molar-refractivity contribution in [2.45, 2.75) is 18.7 Å². The first-order chi connectivity index (χ1) is 14.4. The Balaban J connectivity index is 1.82. The molecule has 0 aliphatic heterocycles. The van der Waals surface area contributed by atoms with Crippen LogP contribution in [0.3, 0.4) is 0 Å². The van der Waals surface area contributed by atoms with Crippen molar-refractivity contribution in [1.82, 2.24) is 9.88 Å². The minimum atomic E-state index is -0.723. The van der Waals surface area contributed by atoms with E-state index in [1.54, 1.807) is 17.0 Å². The molecule has 2 aromatic carbocycles. The zero-order valence-corrected chi connectivity index (χ0v) is 19.1. The van der Waals surface area contributed by atoms with E-state index in [2.05, 4.69) is 23.7 Å². The van der Waals surface area contributed by atoms with E-state index >= 15 is 0 Å². The topological polar surface area (TPSA) is 36.4 Å². The summed E-state index contributed by atoms with van der Waals surface area (Å²) in [4.78, 5) is 22.1. The van der Waals surface area contributed by atoms with Gasteiger partial charge < -0.3 is 4.90 Å². The van der Waals surface area contributed by atoms with Gasteiger partial charge in [0.15, 0.2) is 10.9 Å². The van der Waals surface area contributed by atoms with E-state index in [-0.39, 0.29) is 17.2 Å². The van der Waals surface area contributed by atoms with E-state index < -0.39 is 11.6 Å². The second-order valence-electron chi connectivity index (χ2n) is 6.55. The van der Waals surface area contributed by atoms with Crippen LogP contribution < -0.4 is 4.90 Å². The van der Waals surface area contributed by atoms with Gasteiger partial charge in [0.2, 0.25) is 5.91 Å². The van der Waals surface area contributed by atoms with Gasteiger partial charge in [-0.1, -0.05) is 36.8 Å². The van der Waals surface area contributed by atoms with Crippen molar-refractivity contribution in [3.05, 3.63) is 53.1 Å². The fourth-order valence-electron chi connectivity index (χ4n) is 2.92. The summed E-state index contributed by atoms with van der Waals surface area (Å²) in [5, 5.41) is 1.01. The lowest BCUT2D eigenvalue weighted by atomic mass is 10.3. The third-order valence-electron chi connectivity index (χ3n) is 4.64. The van der Waals surface area contributed by atoms with Crippen molar-refractivity contribution in [2.75, 3.05) is 36.8 Å². The normalized spacial score (nSPS) is 11.4. The van der Waals surface area contributed by atoms with Gasteiger partial charge in [0.1, 0.15) is 11.3 Å². The largest absolute Gasteiger partial charge is 0.302 e. The van der Waals surface area contributed by atoms with E-state index in [0.29, 0.717) is 27.9 Å². The molecule has 30 heavy (non-hydrogen) atoms. The predicted molar refractivity (Wildman–Crippen MR) is 122 cm³/mol. The molecule has 0 bridgehead atoms. The molecular formula is C21H22ClF2N3OS2. The number of amides is 1. The number of aromatic nitrogens is 1. The van der Waals surface area contributed by atoms with Gasteiger partial charge in [-0.25, -0.2) is 13.8 Å². The number of carbonyl (C=O) groups excluding carboxylic acids is 1. The second kappa shape index (κ2) is 10.5. The number of benzene rings is 2. The van der Waals surface area contributed by atoms with Crippen LogP contribution in [-0.4, -0.2) is 47.7 Å². The molecule has 1 heterocycles. The maximum Gasteiger partial charge on any atom is 0.239 e. The third-order valence-corrected chi connectivity index (χ3v) is 6.92. The lowest BCUT2D eigenvalue weighted by Gasteiger charge is -2.24. The predicted octanol–water partition coefficient (Wildman–Crippen LogP) is 5.70. The Hall–Kier alpha value is -1.74. The fourth-order valence-corrected chi connectivity index (χ4v) is 4.87. The Bertz CT molecular complexity index is 1010. The summed E-state index contributed by atoms with van der Waals surface area (Å²) in [6, 6.07) is 9.32. The van der Waals surface area contributed by atoms with E-state index in [1.165, 1.54) is 17.8 Å². The number of thiazole rings is 1. The Morgan fingerprint density at radius 2 is 1.83 bits per heavy atom. The molecular weight excluding hydrogens is 448 g/mol. The smallest absolute Gasteiger partial charge is 0.239 e. The highest BCUT2D eigenvalue weighted by Gasteiger charge is 2.22. The van der Waals surface area contributed by atoms with Crippen LogP contribution in [0.15, 0.2) is 41.3 Å². The number of thioether (sulfide) groups is 1. The van der Waals surface area contributed by atoms with Crippen LogP contribution in [0.2, 0.25) is 5.02 Å². The van der Waals surface area contributed by atoms with E-state index in [0.717, 1.165) is 35.4 Å². The van der Waals surface area contributed by atoms with Gasteiger partial charge in [0.25, 0.3) is 0 Å². The summed E-state index contributed by atoms with van der Waals surface area (Å²) in [7, 11) is 0. The summed E-state index contributed by atoms with van der Waals surface area (Å²) in [5.74, 6) is -1.32. The molecule has 160 valence electrons. The van der Waals surface area contributed by atoms with Gasteiger partial charge >= 0.3 is 0 Å². The quantitative estimate of drug-likeness (QED) is 0.377. The Morgan fingerprint density at radius 1 is 1.13 bits per heavy atom. The van der Waals surface area contributed by atoms with E-state index in [1.807, 2.05) is 12.1 Å². The van der Waals surface area contributed by atoms with E-state index in [9.17, 15) is 13.6 Å². The maximum atomic E-state index is 14.1. The average molecular weight is 470 g/mol. The van der Waals surface area contributed by atoms with Crippen molar-refractivity contribution in [3.63, 3.8) is 0 Å². The monoisotopic (exact) mass is 469 g/mol. The molecule has 0 saturated carbocycles. The maximum absolute atomic E-state index is 14.1. The molecule has 0 aliphatic rings. The molecule has 0 fully saturated rings. The second-order valence-corrected chi connectivity index (χ2v) is 9.04. The van der Waals surface area contributed by atoms with Gasteiger partial charge in [-0.05, 0) is 43.4 Å². The highest BCUT2D eigenvalue weighted by atomic mass is 35.5. The fraction of sp³-hybridized carbons (Fsp3) is 0.333. The van der Waals surface area contributed by atoms with Gasteiger partial charge in [-0.3, -0.25) is 9.69 Å². The minimum absolute atomic E-state index is 0.0855. The Labute approximate surface area is 187 Å². The molecule has 0 spiro atoms. The van der Waals surface area contributed by atoms with Crippen molar-refractivity contribution in [3.8, 4) is 0 Å². The minimum Gasteiger partial charge on any atom is -0.302 e. The summed E-state index contributed by atoms with van der Waals surface area (Å²) < 4.78 is 28.1. The van der Waals surface area contributed by atoms with Crippen LogP contribution in [-0.2, 0) is 4.79 Å². The molecule has 3 rings (SSSR count). The van der Waals surface area contributed by atoms with Gasteiger partial charge in [-0.15, -0.1) is 11.8 Å². The lowest BCUT2D eigenvalue weighted by molar-refractivity contribution is -0.116. The van der Waals surface area contributed by atoms with Crippen molar-refractivity contribution in [1.29, 1.82) is 0 Å². The molecule has 0 saturated heterocycles. The number of rotatable bonds is 9. The van der Waals surface area contributed by atoms with Crippen LogP contribution in [0.1, 0.15) is 13.8 Å². The van der Waals surface area contributed by atoms with Crippen molar-refractivity contribution in [2.24, 2.45) is 0 Å². The number of carbonyl (C=O) groups is 1. The molecule has 0 aliphatic carbocycles. The number of hydrogen-bond acceptors (Lipinski definition) is 5. The van der Waals surface area contributed by atoms with Gasteiger partial charge in [0.05, 0.1) is 10.5 Å². The van der Waals surface area contributed by atoms with Gasteiger partial charge in [-0.2, -0.15) is 0 Å². The average Bonchev–Trinajstić information content (AvgIpc) is 3.14. The first kappa shape index (κ1) is 22.9. The van der Waals surface area contributed by atoms with Crippen LogP contribution in [0.25, 0.3) is 10.2 Å². The third kappa shape index (κ3) is 5.69. The molecule has 1 aromatic heterocycles. The molecule has 9 heteroatoms. The molecule has 4 nitrogen and oxygen atoms in total. The van der Waals surface area contributed by atoms with Crippen LogP contribution >= 0.6 is 34.7 Å². The molecule has 0 atom stereocenters. The zero-order valence-electron chi connectivity index (χ0n) is 16.7. The number of likely N-dealkylation sites (N-methyl/N-ethyl adjacent to an activating group) is 1. The molecule has 0 N–H and O–H groups in total. The summed E-state index contributed by atoms with van der Waals surface area (Å²) in [6.07, 6.45) is 0. The SMILES string of the molecule is CCN(CC)CCN(C(=O)CSc1ccc(Cl)cc1)c1nc2c(F)cc(F)cc2s1. The van der Waals surface area contributed by atoms with Crippen molar-refractivity contribution >= 4 is 56.0 Å². The number of hydrogen-bond donors (Lipinski definition) is 0.